The van der Waals surface area contributed by atoms with Crippen LogP contribution in [-0.4, -0.2) is 41.3 Å². The third-order valence-corrected chi connectivity index (χ3v) is 7.71. The Morgan fingerprint density at radius 1 is 0.974 bits per heavy atom. The molecular formula is C30H30N4O3S. The molecule has 194 valence electrons. The van der Waals surface area contributed by atoms with Crippen LogP contribution in [0, 0.1) is 6.92 Å². The number of hydrogen-bond donors (Lipinski definition) is 2. The van der Waals surface area contributed by atoms with Crippen LogP contribution >= 0.6 is 11.8 Å². The summed E-state index contributed by atoms with van der Waals surface area (Å²) >= 11 is 1.71. The molecule has 1 unspecified atom stereocenters. The van der Waals surface area contributed by atoms with Crippen LogP contribution in [0.15, 0.2) is 89.1 Å². The van der Waals surface area contributed by atoms with Gasteiger partial charge < -0.3 is 20.3 Å². The summed E-state index contributed by atoms with van der Waals surface area (Å²) in [6, 6.07) is 22.2. The highest BCUT2D eigenvalue weighted by molar-refractivity contribution is 8.13. The fourth-order valence-corrected chi connectivity index (χ4v) is 5.76. The van der Waals surface area contributed by atoms with Gasteiger partial charge in [-0.15, -0.1) is 0 Å². The van der Waals surface area contributed by atoms with Crippen molar-refractivity contribution in [2.45, 2.75) is 26.3 Å². The van der Waals surface area contributed by atoms with Crippen LogP contribution in [0.5, 0.6) is 5.75 Å². The first-order valence-electron chi connectivity index (χ1n) is 12.6. The van der Waals surface area contributed by atoms with Gasteiger partial charge in [0.1, 0.15) is 5.75 Å². The van der Waals surface area contributed by atoms with Crippen LogP contribution in [0.4, 0.5) is 11.4 Å². The van der Waals surface area contributed by atoms with E-state index in [9.17, 15) is 9.59 Å². The monoisotopic (exact) mass is 526 g/mol. The fourth-order valence-electron chi connectivity index (χ4n) is 4.74. The number of carbonyl (C=O) groups excluding carboxylic acids is 2. The number of para-hydroxylation sites is 2. The lowest BCUT2D eigenvalue weighted by Crippen LogP contribution is -2.43. The molecule has 3 aromatic carbocycles. The number of aryl methyl sites for hydroxylation is 1. The summed E-state index contributed by atoms with van der Waals surface area (Å²) < 4.78 is 5.44. The van der Waals surface area contributed by atoms with E-state index in [4.69, 9.17) is 9.73 Å². The summed E-state index contributed by atoms with van der Waals surface area (Å²) in [5.41, 5.74) is 5.12. The molecule has 2 amide bonds. The molecule has 5 rings (SSSR count). The molecule has 7 nitrogen and oxygen atoms in total. The normalized spacial score (nSPS) is 16.9. The van der Waals surface area contributed by atoms with Gasteiger partial charge in [-0.2, -0.15) is 0 Å². The zero-order chi connectivity index (χ0) is 26.6. The second-order valence-electron chi connectivity index (χ2n) is 9.29. The lowest BCUT2D eigenvalue weighted by Gasteiger charge is -2.41. The van der Waals surface area contributed by atoms with Crippen LogP contribution in [0.25, 0.3) is 0 Å². The number of allylic oxidation sites excluding steroid dienone is 1. The topological polar surface area (TPSA) is 83.0 Å². The number of hydrogen-bond acceptors (Lipinski definition) is 6. The van der Waals surface area contributed by atoms with Gasteiger partial charge in [0.2, 0.25) is 0 Å². The van der Waals surface area contributed by atoms with Crippen LogP contribution in [-0.2, 0) is 4.79 Å². The Morgan fingerprint density at radius 3 is 2.55 bits per heavy atom. The van der Waals surface area contributed by atoms with Crippen LogP contribution in [0.1, 0.15) is 40.9 Å². The first-order valence-corrected chi connectivity index (χ1v) is 13.5. The molecule has 0 spiro atoms. The first-order chi connectivity index (χ1) is 18.4. The van der Waals surface area contributed by atoms with E-state index < -0.39 is 0 Å². The average molecular weight is 527 g/mol. The summed E-state index contributed by atoms with van der Waals surface area (Å²) in [7, 11) is 1.58. The number of nitrogens with zero attached hydrogens (tertiary/aromatic N) is 2. The van der Waals surface area contributed by atoms with Gasteiger partial charge in [-0.1, -0.05) is 53.7 Å². The highest BCUT2D eigenvalue weighted by Gasteiger charge is 2.37. The number of benzene rings is 3. The number of aliphatic imine (C=N–C) groups is 1. The molecule has 2 N–H and O–H groups in total. The van der Waals surface area contributed by atoms with E-state index in [1.54, 1.807) is 18.9 Å². The van der Waals surface area contributed by atoms with Crippen molar-refractivity contribution in [1.29, 1.82) is 0 Å². The Bertz CT molecular complexity index is 1430. The number of methoxy groups -OCH3 is 1. The second-order valence-corrected chi connectivity index (χ2v) is 10.4. The van der Waals surface area contributed by atoms with Crippen molar-refractivity contribution >= 4 is 40.1 Å². The highest BCUT2D eigenvalue weighted by Crippen LogP contribution is 2.40. The van der Waals surface area contributed by atoms with Crippen molar-refractivity contribution in [3.05, 3.63) is 101 Å². The SMILES string of the molecule is COc1ccccc1NC(=O)C1=C(C)N=C2SCCCN2C1c1cccc(NC(=O)c2ccc(C)cc2)c1. The van der Waals surface area contributed by atoms with Crippen molar-refractivity contribution in [2.24, 2.45) is 4.99 Å². The predicted molar refractivity (Wildman–Crippen MR) is 154 cm³/mol. The van der Waals surface area contributed by atoms with E-state index in [1.807, 2.05) is 86.6 Å². The second kappa shape index (κ2) is 11.1. The van der Waals surface area contributed by atoms with Gasteiger partial charge >= 0.3 is 0 Å². The van der Waals surface area contributed by atoms with E-state index >= 15 is 0 Å². The maximum atomic E-state index is 13.8. The summed E-state index contributed by atoms with van der Waals surface area (Å²) in [6.45, 7) is 4.66. The van der Waals surface area contributed by atoms with Crippen LogP contribution in [0.3, 0.4) is 0 Å². The van der Waals surface area contributed by atoms with E-state index in [0.29, 0.717) is 34.0 Å². The van der Waals surface area contributed by atoms with E-state index in [0.717, 1.165) is 35.0 Å². The lowest BCUT2D eigenvalue weighted by atomic mass is 9.93. The number of thioether (sulfide) groups is 1. The Morgan fingerprint density at radius 2 is 1.76 bits per heavy atom. The molecule has 2 aliphatic rings. The number of amides is 2. The molecule has 0 bridgehead atoms. The zero-order valence-corrected chi connectivity index (χ0v) is 22.5. The van der Waals surface area contributed by atoms with Crippen LogP contribution < -0.4 is 15.4 Å². The molecular weight excluding hydrogens is 496 g/mol. The van der Waals surface area contributed by atoms with Crippen LogP contribution in [0.2, 0.25) is 0 Å². The van der Waals surface area contributed by atoms with Gasteiger partial charge in [0.25, 0.3) is 11.8 Å². The van der Waals surface area contributed by atoms with Gasteiger partial charge in [-0.05, 0) is 62.2 Å². The number of carbonyl (C=O) groups is 2. The van der Waals surface area contributed by atoms with Gasteiger partial charge in [-0.25, -0.2) is 4.99 Å². The average Bonchev–Trinajstić information content (AvgIpc) is 2.93. The summed E-state index contributed by atoms with van der Waals surface area (Å²) in [5.74, 6) is 1.17. The van der Waals surface area contributed by atoms with Crippen molar-refractivity contribution in [1.82, 2.24) is 4.90 Å². The maximum Gasteiger partial charge on any atom is 0.255 e. The van der Waals surface area contributed by atoms with Crippen molar-refractivity contribution in [3.8, 4) is 5.75 Å². The first kappa shape index (κ1) is 25.6. The molecule has 38 heavy (non-hydrogen) atoms. The zero-order valence-electron chi connectivity index (χ0n) is 21.7. The largest absolute Gasteiger partial charge is 0.495 e. The number of ether oxygens (including phenoxy) is 1. The summed E-state index contributed by atoms with van der Waals surface area (Å²) in [5, 5.41) is 6.97. The van der Waals surface area contributed by atoms with Gasteiger partial charge in [-0.3, -0.25) is 9.59 Å². The molecule has 0 saturated carbocycles. The molecule has 1 fully saturated rings. The minimum absolute atomic E-state index is 0.178. The lowest BCUT2D eigenvalue weighted by molar-refractivity contribution is -0.113. The molecule has 0 aliphatic carbocycles. The standard InChI is InChI=1S/C30H30N4O3S/c1-19-12-14-21(15-13-19)28(35)32-23-9-6-8-22(18-23)27-26(20(2)31-30-34(27)16-7-17-38-30)29(36)33-24-10-4-5-11-25(24)37-3/h4-6,8-15,18,27H,7,16-17H2,1-3H3,(H,32,35)(H,33,36). The molecule has 0 radical (unpaired) electrons. The quantitative estimate of drug-likeness (QED) is 0.411. The predicted octanol–water partition coefficient (Wildman–Crippen LogP) is 6.02. The Labute approximate surface area is 227 Å². The molecule has 2 heterocycles. The fraction of sp³-hybridized carbons (Fsp3) is 0.233. The number of anilines is 2. The molecule has 2 aliphatic heterocycles. The Balaban J connectivity index is 1.49. The number of amidine groups is 1. The molecule has 0 aromatic heterocycles. The molecule has 3 aromatic rings. The van der Waals surface area contributed by atoms with E-state index in [1.165, 1.54) is 0 Å². The van der Waals surface area contributed by atoms with Gasteiger partial charge in [0.15, 0.2) is 5.17 Å². The minimum atomic E-state index is -0.346. The maximum absolute atomic E-state index is 13.8. The number of fused-ring (bicyclic) bond motifs is 1. The minimum Gasteiger partial charge on any atom is -0.495 e. The van der Waals surface area contributed by atoms with Crippen molar-refractivity contribution in [2.75, 3.05) is 30.0 Å². The van der Waals surface area contributed by atoms with Gasteiger partial charge in [0, 0.05) is 23.5 Å². The van der Waals surface area contributed by atoms with Crippen molar-refractivity contribution < 1.29 is 14.3 Å². The van der Waals surface area contributed by atoms with Gasteiger partial charge in [0.05, 0.1) is 30.1 Å². The van der Waals surface area contributed by atoms with Crippen molar-refractivity contribution in [3.63, 3.8) is 0 Å². The Hall–Kier alpha value is -4.04. The number of nitrogens with one attached hydrogen (secondary N) is 2. The van der Waals surface area contributed by atoms with E-state index in [2.05, 4.69) is 15.5 Å². The summed E-state index contributed by atoms with van der Waals surface area (Å²) in [4.78, 5) is 33.7. The number of rotatable bonds is 6. The smallest absolute Gasteiger partial charge is 0.255 e. The molecule has 8 heteroatoms. The summed E-state index contributed by atoms with van der Waals surface area (Å²) in [6.07, 6.45) is 0.991. The van der Waals surface area contributed by atoms with E-state index in [-0.39, 0.29) is 17.9 Å². The Kier molecular flexibility index (Phi) is 7.51. The molecule has 1 saturated heterocycles. The molecule has 1 atom stereocenters. The third kappa shape index (κ3) is 5.31. The highest BCUT2D eigenvalue weighted by atomic mass is 32.2. The third-order valence-electron chi connectivity index (χ3n) is 6.63.